The summed E-state index contributed by atoms with van der Waals surface area (Å²) in [6.45, 7) is 2.24. The largest absolute Gasteiger partial charge is 0.346 e. The Kier molecular flexibility index (Phi) is 4.66. The second-order valence-electron chi connectivity index (χ2n) is 5.27. The predicted octanol–water partition coefficient (Wildman–Crippen LogP) is 4.33. The van der Waals surface area contributed by atoms with E-state index in [1.165, 1.54) is 17.4 Å². The van der Waals surface area contributed by atoms with Gasteiger partial charge >= 0.3 is 0 Å². The Morgan fingerprint density at radius 2 is 1.96 bits per heavy atom. The maximum atomic E-state index is 13.2. The van der Waals surface area contributed by atoms with E-state index in [9.17, 15) is 13.6 Å². The number of halogens is 2. The molecule has 0 saturated carbocycles. The molecule has 1 aromatic heterocycles. The van der Waals surface area contributed by atoms with E-state index in [0.717, 1.165) is 28.3 Å². The lowest BCUT2D eigenvalue weighted by molar-refractivity contribution is 0.0950. The lowest BCUT2D eigenvalue weighted by Gasteiger charge is -2.04. The van der Waals surface area contributed by atoms with Gasteiger partial charge in [0.2, 0.25) is 0 Å². The summed E-state index contributed by atoms with van der Waals surface area (Å²) in [6, 6.07) is 11.0. The average molecular weight is 344 g/mol. The van der Waals surface area contributed by atoms with Crippen LogP contribution in [0, 0.1) is 18.6 Å². The molecule has 122 valence electrons. The first-order valence-electron chi connectivity index (χ1n) is 7.28. The molecule has 0 aliphatic rings. The van der Waals surface area contributed by atoms with Crippen molar-refractivity contribution in [1.82, 2.24) is 10.3 Å². The number of carbonyl (C=O) groups is 1. The third-order valence-corrected chi connectivity index (χ3v) is 4.46. The molecule has 0 saturated heterocycles. The number of rotatable bonds is 4. The van der Waals surface area contributed by atoms with Crippen LogP contribution in [0.4, 0.5) is 8.78 Å². The van der Waals surface area contributed by atoms with E-state index < -0.39 is 17.5 Å². The first-order chi connectivity index (χ1) is 11.5. The zero-order chi connectivity index (χ0) is 17.1. The van der Waals surface area contributed by atoms with Gasteiger partial charge in [0.25, 0.3) is 5.91 Å². The van der Waals surface area contributed by atoms with Gasteiger partial charge in [-0.3, -0.25) is 4.79 Å². The van der Waals surface area contributed by atoms with E-state index in [2.05, 4.69) is 10.3 Å². The van der Waals surface area contributed by atoms with Gasteiger partial charge in [-0.15, -0.1) is 11.3 Å². The van der Waals surface area contributed by atoms with Gasteiger partial charge in [0.1, 0.15) is 5.01 Å². The minimum atomic E-state index is -1.04. The number of thiazole rings is 1. The highest BCUT2D eigenvalue weighted by Crippen LogP contribution is 2.26. The molecule has 3 nitrogen and oxygen atoms in total. The van der Waals surface area contributed by atoms with Gasteiger partial charge in [0.05, 0.1) is 12.2 Å². The van der Waals surface area contributed by atoms with Crippen molar-refractivity contribution in [3.05, 3.63) is 76.3 Å². The molecule has 0 bridgehead atoms. The van der Waals surface area contributed by atoms with Crippen LogP contribution in [0.3, 0.4) is 0 Å². The van der Waals surface area contributed by atoms with Gasteiger partial charge in [0.15, 0.2) is 11.6 Å². The zero-order valence-electron chi connectivity index (χ0n) is 12.8. The van der Waals surface area contributed by atoms with Crippen molar-refractivity contribution in [1.29, 1.82) is 0 Å². The molecule has 24 heavy (non-hydrogen) atoms. The van der Waals surface area contributed by atoms with Crippen LogP contribution >= 0.6 is 11.3 Å². The SMILES string of the molecule is Cc1ccccc1-c1nc(CNC(=O)c2ccc(F)c(F)c2)cs1. The van der Waals surface area contributed by atoms with E-state index >= 15 is 0 Å². The first-order valence-corrected chi connectivity index (χ1v) is 8.16. The molecule has 3 rings (SSSR count). The topological polar surface area (TPSA) is 42.0 Å². The summed E-state index contributed by atoms with van der Waals surface area (Å²) < 4.78 is 26.1. The van der Waals surface area contributed by atoms with E-state index in [1.54, 1.807) is 0 Å². The van der Waals surface area contributed by atoms with Crippen LogP contribution in [-0.4, -0.2) is 10.9 Å². The zero-order valence-corrected chi connectivity index (χ0v) is 13.7. The maximum absolute atomic E-state index is 13.2. The first kappa shape index (κ1) is 16.3. The predicted molar refractivity (Wildman–Crippen MR) is 89.8 cm³/mol. The Morgan fingerprint density at radius 1 is 1.17 bits per heavy atom. The molecule has 0 spiro atoms. The van der Waals surface area contributed by atoms with Crippen LogP contribution < -0.4 is 5.32 Å². The standard InChI is InChI=1S/C18H14F2N2OS/c1-11-4-2-3-5-14(11)18-22-13(10-24-18)9-21-17(23)12-6-7-15(19)16(20)8-12/h2-8,10H,9H2,1H3,(H,21,23). The van der Waals surface area contributed by atoms with E-state index in [0.29, 0.717) is 5.69 Å². The van der Waals surface area contributed by atoms with Crippen molar-refractivity contribution >= 4 is 17.2 Å². The van der Waals surface area contributed by atoms with Crippen molar-refractivity contribution in [2.75, 3.05) is 0 Å². The number of carbonyl (C=O) groups excluding carboxylic acids is 1. The molecule has 0 atom stereocenters. The highest BCUT2D eigenvalue weighted by molar-refractivity contribution is 7.13. The minimum absolute atomic E-state index is 0.0725. The van der Waals surface area contributed by atoms with Crippen LogP contribution in [0.15, 0.2) is 47.8 Å². The number of benzene rings is 2. The molecule has 0 radical (unpaired) electrons. The van der Waals surface area contributed by atoms with Crippen molar-refractivity contribution < 1.29 is 13.6 Å². The van der Waals surface area contributed by atoms with Crippen LogP contribution in [-0.2, 0) is 6.54 Å². The monoisotopic (exact) mass is 344 g/mol. The van der Waals surface area contributed by atoms with Gasteiger partial charge in [0, 0.05) is 16.5 Å². The maximum Gasteiger partial charge on any atom is 0.251 e. The normalized spacial score (nSPS) is 10.6. The molecular weight excluding hydrogens is 330 g/mol. The van der Waals surface area contributed by atoms with Gasteiger partial charge in [-0.05, 0) is 30.7 Å². The van der Waals surface area contributed by atoms with Crippen LogP contribution in [0.5, 0.6) is 0 Å². The molecule has 0 aliphatic heterocycles. The van der Waals surface area contributed by atoms with E-state index in [4.69, 9.17) is 0 Å². The molecule has 6 heteroatoms. The summed E-state index contributed by atoms with van der Waals surface area (Å²) in [5, 5.41) is 5.41. The number of hydrogen-bond donors (Lipinski definition) is 1. The van der Waals surface area contributed by atoms with Crippen LogP contribution in [0.2, 0.25) is 0 Å². The highest BCUT2D eigenvalue weighted by Gasteiger charge is 2.11. The molecule has 0 aliphatic carbocycles. The number of nitrogens with one attached hydrogen (secondary N) is 1. The van der Waals surface area contributed by atoms with Crippen LogP contribution in [0.1, 0.15) is 21.6 Å². The van der Waals surface area contributed by atoms with Gasteiger partial charge in [-0.1, -0.05) is 24.3 Å². The highest BCUT2D eigenvalue weighted by atomic mass is 32.1. The third kappa shape index (κ3) is 3.49. The molecular formula is C18H14F2N2OS. The Balaban J connectivity index is 1.68. The van der Waals surface area contributed by atoms with Gasteiger partial charge in [-0.25, -0.2) is 13.8 Å². The van der Waals surface area contributed by atoms with Gasteiger partial charge < -0.3 is 5.32 Å². The summed E-state index contributed by atoms with van der Waals surface area (Å²) >= 11 is 1.50. The number of amides is 1. The lowest BCUT2D eigenvalue weighted by Crippen LogP contribution is -2.23. The Morgan fingerprint density at radius 3 is 2.71 bits per heavy atom. The molecule has 1 heterocycles. The molecule has 2 aromatic carbocycles. The van der Waals surface area contributed by atoms with E-state index in [-0.39, 0.29) is 12.1 Å². The third-order valence-electron chi connectivity index (χ3n) is 3.54. The summed E-state index contributed by atoms with van der Waals surface area (Å²) in [7, 11) is 0. The molecule has 1 N–H and O–H groups in total. The second kappa shape index (κ2) is 6.88. The molecule has 3 aromatic rings. The minimum Gasteiger partial charge on any atom is -0.346 e. The lowest BCUT2D eigenvalue weighted by atomic mass is 10.1. The Labute approximate surface area is 142 Å². The average Bonchev–Trinajstić information content (AvgIpc) is 3.04. The van der Waals surface area contributed by atoms with Crippen molar-refractivity contribution in [2.45, 2.75) is 13.5 Å². The fraction of sp³-hybridized carbons (Fsp3) is 0.111. The second-order valence-corrected chi connectivity index (χ2v) is 6.13. The number of aryl methyl sites for hydroxylation is 1. The molecule has 0 fully saturated rings. The number of aromatic nitrogens is 1. The number of nitrogens with zero attached hydrogens (tertiary/aromatic N) is 1. The van der Waals surface area contributed by atoms with Gasteiger partial charge in [-0.2, -0.15) is 0 Å². The Bertz CT molecular complexity index is 892. The Hall–Kier alpha value is -2.60. The fourth-order valence-corrected chi connectivity index (χ4v) is 3.14. The number of hydrogen-bond acceptors (Lipinski definition) is 3. The van der Waals surface area contributed by atoms with Crippen LogP contribution in [0.25, 0.3) is 10.6 Å². The fourth-order valence-electron chi connectivity index (χ4n) is 2.24. The smallest absolute Gasteiger partial charge is 0.251 e. The van der Waals surface area contributed by atoms with Crippen molar-refractivity contribution in [3.8, 4) is 10.6 Å². The molecule has 0 unspecified atom stereocenters. The summed E-state index contributed by atoms with van der Waals surface area (Å²) in [5.74, 6) is -2.49. The molecule has 1 amide bonds. The van der Waals surface area contributed by atoms with E-state index in [1.807, 2.05) is 36.6 Å². The van der Waals surface area contributed by atoms with Crippen molar-refractivity contribution in [3.63, 3.8) is 0 Å². The van der Waals surface area contributed by atoms with Crippen molar-refractivity contribution in [2.24, 2.45) is 0 Å². The summed E-state index contributed by atoms with van der Waals surface area (Å²) in [4.78, 5) is 16.5. The summed E-state index contributed by atoms with van der Waals surface area (Å²) in [5.41, 5.74) is 2.97. The quantitative estimate of drug-likeness (QED) is 0.765. The summed E-state index contributed by atoms with van der Waals surface area (Å²) in [6.07, 6.45) is 0.